The van der Waals surface area contributed by atoms with Crippen molar-refractivity contribution in [2.75, 3.05) is 7.05 Å². The molecule has 2 aliphatic rings. The van der Waals surface area contributed by atoms with Gasteiger partial charge >= 0.3 is 5.97 Å². The number of aliphatic carboxylic acids is 1. The molecule has 0 spiro atoms. The molecule has 4 atom stereocenters. The monoisotopic (exact) mass is 290 g/mol. The normalized spacial score (nSPS) is 29.8. The van der Waals surface area contributed by atoms with Gasteiger partial charge in [0.15, 0.2) is 0 Å². The van der Waals surface area contributed by atoms with Crippen LogP contribution in [0.3, 0.4) is 0 Å². The van der Waals surface area contributed by atoms with E-state index in [4.69, 9.17) is 4.52 Å². The van der Waals surface area contributed by atoms with Crippen LogP contribution in [-0.4, -0.2) is 34.1 Å². The van der Waals surface area contributed by atoms with Gasteiger partial charge in [-0.3, -0.25) is 9.59 Å². The minimum Gasteiger partial charge on any atom is -0.481 e. The summed E-state index contributed by atoms with van der Waals surface area (Å²) < 4.78 is 4.99. The van der Waals surface area contributed by atoms with Gasteiger partial charge in [0.2, 0.25) is 5.91 Å². The molecule has 1 fully saturated rings. The molecule has 1 aromatic heterocycles. The predicted octanol–water partition coefficient (Wildman–Crippen LogP) is 1.46. The first-order chi connectivity index (χ1) is 9.97. The number of amides is 1. The Hall–Kier alpha value is -2.11. The highest BCUT2D eigenvalue weighted by atomic mass is 16.5. The number of fused-ring (bicyclic) bond motifs is 2. The fraction of sp³-hybridized carbons (Fsp3) is 0.533. The predicted molar refractivity (Wildman–Crippen MR) is 73.1 cm³/mol. The van der Waals surface area contributed by atoms with Crippen molar-refractivity contribution in [2.24, 2.45) is 23.7 Å². The third-order valence-corrected chi connectivity index (χ3v) is 4.48. The number of allylic oxidation sites excluding steroid dienone is 2. The van der Waals surface area contributed by atoms with Gasteiger partial charge in [0.25, 0.3) is 0 Å². The molecule has 4 unspecified atom stereocenters. The van der Waals surface area contributed by atoms with E-state index in [-0.39, 0.29) is 17.7 Å². The summed E-state index contributed by atoms with van der Waals surface area (Å²) in [5.41, 5.74) is 0.675. The van der Waals surface area contributed by atoms with Gasteiger partial charge in [-0.2, -0.15) is 0 Å². The van der Waals surface area contributed by atoms with Crippen molar-refractivity contribution < 1.29 is 19.2 Å². The molecule has 6 nitrogen and oxygen atoms in total. The van der Waals surface area contributed by atoms with Gasteiger partial charge in [-0.25, -0.2) is 0 Å². The molecule has 21 heavy (non-hydrogen) atoms. The first-order valence-corrected chi connectivity index (χ1v) is 7.05. The Balaban J connectivity index is 1.74. The van der Waals surface area contributed by atoms with Gasteiger partial charge in [-0.1, -0.05) is 17.3 Å². The fourth-order valence-electron chi connectivity index (χ4n) is 3.56. The number of hydrogen-bond acceptors (Lipinski definition) is 4. The second kappa shape index (κ2) is 5.02. The molecule has 2 bridgehead atoms. The maximum Gasteiger partial charge on any atom is 0.307 e. The van der Waals surface area contributed by atoms with E-state index in [2.05, 4.69) is 5.16 Å². The molecular weight excluding hydrogens is 272 g/mol. The number of nitrogens with zero attached hydrogens (tertiary/aromatic N) is 2. The molecule has 0 aromatic carbocycles. The highest BCUT2D eigenvalue weighted by Crippen LogP contribution is 2.48. The zero-order chi connectivity index (χ0) is 15.1. The van der Waals surface area contributed by atoms with Crippen molar-refractivity contribution in [3.05, 3.63) is 29.7 Å². The Bertz CT molecular complexity index is 607. The standard InChI is InChI=1S/C15H18N2O4/c1-8-5-11(16-21-8)7-17(2)14(18)12-9-3-4-10(6-9)13(12)15(19)20/h3-5,9-10,12-13H,6-7H2,1-2H3,(H,19,20). The van der Waals surface area contributed by atoms with Crippen LogP contribution in [0.2, 0.25) is 0 Å². The fourth-order valence-corrected chi connectivity index (χ4v) is 3.56. The quantitative estimate of drug-likeness (QED) is 0.849. The van der Waals surface area contributed by atoms with Gasteiger partial charge in [0.05, 0.1) is 18.4 Å². The van der Waals surface area contributed by atoms with E-state index >= 15 is 0 Å². The molecule has 2 aliphatic carbocycles. The molecule has 1 heterocycles. The molecule has 1 saturated carbocycles. The Morgan fingerprint density at radius 2 is 2.05 bits per heavy atom. The summed E-state index contributed by atoms with van der Waals surface area (Å²) in [6, 6.07) is 1.78. The van der Waals surface area contributed by atoms with Gasteiger partial charge in [-0.15, -0.1) is 0 Å². The average Bonchev–Trinajstić information content (AvgIpc) is 3.12. The van der Waals surface area contributed by atoms with E-state index in [9.17, 15) is 14.7 Å². The molecule has 1 N–H and O–H groups in total. The molecule has 112 valence electrons. The van der Waals surface area contributed by atoms with Crippen LogP contribution in [0.5, 0.6) is 0 Å². The molecule has 1 aromatic rings. The lowest BCUT2D eigenvalue weighted by Gasteiger charge is -2.28. The molecule has 3 rings (SSSR count). The van der Waals surface area contributed by atoms with Crippen molar-refractivity contribution >= 4 is 11.9 Å². The van der Waals surface area contributed by atoms with Gasteiger partial charge < -0.3 is 14.5 Å². The van der Waals surface area contributed by atoms with Gasteiger partial charge in [-0.05, 0) is 25.2 Å². The number of carbonyl (C=O) groups is 2. The number of hydrogen-bond donors (Lipinski definition) is 1. The SMILES string of the molecule is Cc1cc(CN(C)C(=O)C2C3C=CC(C3)C2C(=O)O)no1. The average molecular weight is 290 g/mol. The summed E-state index contributed by atoms with van der Waals surface area (Å²) in [6.45, 7) is 2.12. The number of carboxylic acids is 1. The third kappa shape index (κ3) is 2.34. The minimum absolute atomic E-state index is 0.0101. The summed E-state index contributed by atoms with van der Waals surface area (Å²) in [5.74, 6) is -1.34. The van der Waals surface area contributed by atoms with Crippen molar-refractivity contribution in [3.8, 4) is 0 Å². The smallest absolute Gasteiger partial charge is 0.307 e. The van der Waals surface area contributed by atoms with Crippen LogP contribution in [0.1, 0.15) is 17.9 Å². The lowest BCUT2D eigenvalue weighted by atomic mass is 9.82. The summed E-state index contributed by atoms with van der Waals surface area (Å²) in [4.78, 5) is 25.6. The molecule has 0 saturated heterocycles. The maximum atomic E-state index is 12.6. The van der Waals surface area contributed by atoms with E-state index in [1.807, 2.05) is 12.2 Å². The van der Waals surface area contributed by atoms with E-state index < -0.39 is 17.8 Å². The third-order valence-electron chi connectivity index (χ3n) is 4.48. The Morgan fingerprint density at radius 3 is 2.62 bits per heavy atom. The Morgan fingerprint density at radius 1 is 1.38 bits per heavy atom. The summed E-state index contributed by atoms with van der Waals surface area (Å²) in [6.07, 6.45) is 4.69. The number of aromatic nitrogens is 1. The second-order valence-corrected chi connectivity index (χ2v) is 5.96. The highest BCUT2D eigenvalue weighted by molar-refractivity contribution is 5.86. The lowest BCUT2D eigenvalue weighted by molar-refractivity contribution is -0.150. The number of aryl methyl sites for hydroxylation is 1. The van der Waals surface area contributed by atoms with Crippen LogP contribution >= 0.6 is 0 Å². The zero-order valence-corrected chi connectivity index (χ0v) is 12.0. The van der Waals surface area contributed by atoms with Crippen molar-refractivity contribution in [1.29, 1.82) is 0 Å². The number of carboxylic acid groups (broad SMARTS) is 1. The van der Waals surface area contributed by atoms with Crippen LogP contribution in [0.25, 0.3) is 0 Å². The molecule has 0 aliphatic heterocycles. The first kappa shape index (κ1) is 13.9. The van der Waals surface area contributed by atoms with E-state index in [0.29, 0.717) is 18.0 Å². The molecular formula is C15H18N2O4. The van der Waals surface area contributed by atoms with Crippen LogP contribution < -0.4 is 0 Å². The molecule has 0 radical (unpaired) electrons. The topological polar surface area (TPSA) is 83.6 Å². The first-order valence-electron chi connectivity index (χ1n) is 7.05. The Kier molecular flexibility index (Phi) is 3.31. The minimum atomic E-state index is -0.879. The van der Waals surface area contributed by atoms with Gasteiger partial charge in [0, 0.05) is 13.1 Å². The second-order valence-electron chi connectivity index (χ2n) is 5.96. The van der Waals surface area contributed by atoms with E-state index in [0.717, 1.165) is 6.42 Å². The summed E-state index contributed by atoms with van der Waals surface area (Å²) in [5, 5.41) is 13.3. The van der Waals surface area contributed by atoms with Gasteiger partial charge in [0.1, 0.15) is 11.5 Å². The largest absolute Gasteiger partial charge is 0.481 e. The summed E-state index contributed by atoms with van der Waals surface area (Å²) in [7, 11) is 1.68. The van der Waals surface area contributed by atoms with Crippen LogP contribution in [0.15, 0.2) is 22.7 Å². The van der Waals surface area contributed by atoms with Crippen LogP contribution in [0.4, 0.5) is 0 Å². The van der Waals surface area contributed by atoms with E-state index in [1.165, 1.54) is 0 Å². The van der Waals surface area contributed by atoms with Crippen molar-refractivity contribution in [2.45, 2.75) is 19.9 Å². The molecule has 1 amide bonds. The van der Waals surface area contributed by atoms with Crippen LogP contribution in [-0.2, 0) is 16.1 Å². The zero-order valence-electron chi connectivity index (χ0n) is 12.0. The summed E-state index contributed by atoms with van der Waals surface area (Å²) >= 11 is 0. The van der Waals surface area contributed by atoms with Crippen molar-refractivity contribution in [3.63, 3.8) is 0 Å². The Labute approximate surface area is 122 Å². The lowest BCUT2D eigenvalue weighted by Crippen LogP contribution is -2.40. The van der Waals surface area contributed by atoms with Crippen LogP contribution in [0, 0.1) is 30.6 Å². The van der Waals surface area contributed by atoms with Crippen molar-refractivity contribution in [1.82, 2.24) is 10.1 Å². The maximum absolute atomic E-state index is 12.6. The number of carbonyl (C=O) groups excluding carboxylic acids is 1. The van der Waals surface area contributed by atoms with E-state index in [1.54, 1.807) is 24.9 Å². The number of rotatable bonds is 4. The molecule has 6 heteroatoms. The highest BCUT2D eigenvalue weighted by Gasteiger charge is 2.52.